The third-order valence-corrected chi connectivity index (χ3v) is 4.12. The maximum absolute atomic E-state index is 12.3. The van der Waals surface area contributed by atoms with Crippen LogP contribution in [0.4, 0.5) is 0 Å². The van der Waals surface area contributed by atoms with Crippen LogP contribution >= 0.6 is 11.6 Å². The molecule has 1 atom stereocenters. The summed E-state index contributed by atoms with van der Waals surface area (Å²) < 4.78 is 5.93. The lowest BCUT2D eigenvalue weighted by Gasteiger charge is -2.28. The lowest BCUT2D eigenvalue weighted by molar-refractivity contribution is 0.0772. The van der Waals surface area contributed by atoms with Crippen molar-refractivity contribution in [2.75, 3.05) is 0 Å². The minimum Gasteiger partial charge on any atom is -0.489 e. The number of hydrogen-bond donors (Lipinski definition) is 0. The Labute approximate surface area is 129 Å². The number of ketones is 1. The fraction of sp³-hybridized carbons (Fsp3) is 0.278. The highest BCUT2D eigenvalue weighted by molar-refractivity contribution is 6.30. The molecule has 0 N–H and O–H groups in total. The average molecular weight is 301 g/mol. The highest BCUT2D eigenvalue weighted by Crippen LogP contribution is 2.33. The predicted molar refractivity (Wildman–Crippen MR) is 85.1 cm³/mol. The van der Waals surface area contributed by atoms with Crippen molar-refractivity contribution >= 4 is 17.4 Å². The molecule has 108 valence electrons. The molecule has 21 heavy (non-hydrogen) atoms. The van der Waals surface area contributed by atoms with E-state index in [-0.39, 0.29) is 11.9 Å². The van der Waals surface area contributed by atoms with Crippen molar-refractivity contribution in [1.82, 2.24) is 0 Å². The number of carbonyl (C=O) groups is 1. The second kappa shape index (κ2) is 5.53. The normalized spacial score (nSPS) is 17.5. The van der Waals surface area contributed by atoms with Gasteiger partial charge in [0.25, 0.3) is 0 Å². The molecule has 0 fully saturated rings. The third-order valence-electron chi connectivity index (χ3n) is 3.87. The van der Waals surface area contributed by atoms with Crippen molar-refractivity contribution in [2.24, 2.45) is 5.92 Å². The molecule has 0 radical (unpaired) electrons. The number of rotatable bonds is 2. The second-order valence-electron chi connectivity index (χ2n) is 5.75. The smallest absolute Gasteiger partial charge is 0.170 e. The molecule has 0 saturated carbocycles. The van der Waals surface area contributed by atoms with Crippen LogP contribution in [0.1, 0.15) is 30.6 Å². The van der Waals surface area contributed by atoms with Crippen molar-refractivity contribution in [1.29, 1.82) is 0 Å². The van der Waals surface area contributed by atoms with Gasteiger partial charge >= 0.3 is 0 Å². The molecule has 1 aliphatic rings. The van der Waals surface area contributed by atoms with E-state index >= 15 is 0 Å². The van der Waals surface area contributed by atoms with E-state index in [1.165, 1.54) is 0 Å². The van der Waals surface area contributed by atoms with Gasteiger partial charge in [0.1, 0.15) is 11.9 Å². The topological polar surface area (TPSA) is 26.3 Å². The Balaban J connectivity index is 1.97. The molecule has 3 heteroatoms. The highest BCUT2D eigenvalue weighted by atomic mass is 35.5. The molecule has 2 aromatic rings. The highest BCUT2D eigenvalue weighted by Gasteiger charge is 2.28. The number of hydrogen-bond acceptors (Lipinski definition) is 2. The standard InChI is InChI=1S/C18H17ClO2/c1-11(2)18-10-16(20)15-9-13(5-8-17(15)21-18)12-3-6-14(19)7-4-12/h3-9,11,18H,10H2,1-2H3. The number of benzene rings is 2. The van der Waals surface area contributed by atoms with Crippen LogP contribution < -0.4 is 4.74 Å². The summed E-state index contributed by atoms with van der Waals surface area (Å²) in [6.45, 7) is 4.15. The monoisotopic (exact) mass is 300 g/mol. The molecule has 1 unspecified atom stereocenters. The van der Waals surface area contributed by atoms with E-state index in [1.807, 2.05) is 42.5 Å². The molecule has 0 aliphatic carbocycles. The molecule has 1 heterocycles. The maximum Gasteiger partial charge on any atom is 0.170 e. The van der Waals surface area contributed by atoms with Crippen LogP contribution in [-0.4, -0.2) is 11.9 Å². The molecule has 0 amide bonds. The first-order chi connectivity index (χ1) is 10.0. The fourth-order valence-electron chi connectivity index (χ4n) is 2.54. The van der Waals surface area contributed by atoms with Gasteiger partial charge in [0.15, 0.2) is 5.78 Å². The Kier molecular flexibility index (Phi) is 3.73. The van der Waals surface area contributed by atoms with E-state index < -0.39 is 0 Å². The van der Waals surface area contributed by atoms with Gasteiger partial charge in [-0.05, 0) is 41.3 Å². The van der Waals surface area contributed by atoms with E-state index in [0.717, 1.165) is 11.1 Å². The van der Waals surface area contributed by atoms with Crippen molar-refractivity contribution in [2.45, 2.75) is 26.4 Å². The Morgan fingerprint density at radius 1 is 1.10 bits per heavy atom. The van der Waals surface area contributed by atoms with Gasteiger partial charge in [-0.3, -0.25) is 4.79 Å². The van der Waals surface area contributed by atoms with E-state index in [2.05, 4.69) is 13.8 Å². The Morgan fingerprint density at radius 2 is 1.76 bits per heavy atom. The molecule has 1 aliphatic heterocycles. The lowest BCUT2D eigenvalue weighted by Crippen LogP contribution is -2.31. The summed E-state index contributed by atoms with van der Waals surface area (Å²) in [6, 6.07) is 13.4. The molecule has 0 bridgehead atoms. The summed E-state index contributed by atoms with van der Waals surface area (Å²) in [5.74, 6) is 1.19. The van der Waals surface area contributed by atoms with Gasteiger partial charge in [-0.25, -0.2) is 0 Å². The third kappa shape index (κ3) is 2.81. The SMILES string of the molecule is CC(C)C1CC(=O)c2cc(-c3ccc(Cl)cc3)ccc2O1. The first kappa shape index (κ1) is 14.2. The molecule has 3 rings (SSSR count). The quantitative estimate of drug-likeness (QED) is 0.780. The summed E-state index contributed by atoms with van der Waals surface area (Å²) in [5, 5.41) is 0.705. The maximum atomic E-state index is 12.3. The lowest BCUT2D eigenvalue weighted by atomic mass is 9.92. The zero-order valence-corrected chi connectivity index (χ0v) is 12.9. The molecule has 0 aromatic heterocycles. The average Bonchev–Trinajstić information content (AvgIpc) is 2.47. The second-order valence-corrected chi connectivity index (χ2v) is 6.18. The zero-order valence-electron chi connectivity index (χ0n) is 12.1. The number of fused-ring (bicyclic) bond motifs is 1. The minimum absolute atomic E-state index is 0.0219. The van der Waals surface area contributed by atoms with E-state index in [4.69, 9.17) is 16.3 Å². The van der Waals surface area contributed by atoms with Gasteiger partial charge in [0, 0.05) is 11.4 Å². The van der Waals surface area contributed by atoms with Gasteiger partial charge < -0.3 is 4.74 Å². The molecule has 2 aromatic carbocycles. The van der Waals surface area contributed by atoms with Crippen molar-refractivity contribution in [3.63, 3.8) is 0 Å². The summed E-state index contributed by atoms with van der Waals surface area (Å²) >= 11 is 5.91. The zero-order chi connectivity index (χ0) is 15.0. The summed E-state index contributed by atoms with van der Waals surface area (Å²) in [5.41, 5.74) is 2.73. The first-order valence-electron chi connectivity index (χ1n) is 7.14. The van der Waals surface area contributed by atoms with E-state index in [0.29, 0.717) is 28.7 Å². The van der Waals surface area contributed by atoms with Crippen LogP contribution in [0.25, 0.3) is 11.1 Å². The molecule has 2 nitrogen and oxygen atoms in total. The Bertz CT molecular complexity index is 674. The van der Waals surface area contributed by atoms with Crippen LogP contribution in [0, 0.1) is 5.92 Å². The van der Waals surface area contributed by atoms with Gasteiger partial charge in [0.2, 0.25) is 0 Å². The van der Waals surface area contributed by atoms with Gasteiger partial charge in [-0.2, -0.15) is 0 Å². The van der Waals surface area contributed by atoms with E-state index in [1.54, 1.807) is 0 Å². The van der Waals surface area contributed by atoms with Crippen molar-refractivity contribution < 1.29 is 9.53 Å². The van der Waals surface area contributed by atoms with Gasteiger partial charge in [-0.15, -0.1) is 0 Å². The fourth-order valence-corrected chi connectivity index (χ4v) is 2.67. The van der Waals surface area contributed by atoms with Gasteiger partial charge in [0.05, 0.1) is 5.56 Å². The minimum atomic E-state index is -0.0219. The van der Waals surface area contributed by atoms with Crippen LogP contribution in [-0.2, 0) is 0 Å². The summed E-state index contributed by atoms with van der Waals surface area (Å²) in [4.78, 5) is 12.3. The number of carbonyl (C=O) groups excluding carboxylic acids is 1. The largest absolute Gasteiger partial charge is 0.489 e. The van der Waals surface area contributed by atoms with Crippen LogP contribution in [0.5, 0.6) is 5.75 Å². The number of ether oxygens (including phenoxy) is 1. The van der Waals surface area contributed by atoms with Crippen molar-refractivity contribution in [3.8, 4) is 16.9 Å². The van der Waals surface area contributed by atoms with Crippen LogP contribution in [0.15, 0.2) is 42.5 Å². The van der Waals surface area contributed by atoms with Crippen molar-refractivity contribution in [3.05, 3.63) is 53.1 Å². The van der Waals surface area contributed by atoms with Crippen LogP contribution in [0.3, 0.4) is 0 Å². The predicted octanol–water partition coefficient (Wildman–Crippen LogP) is 5.00. The van der Waals surface area contributed by atoms with E-state index in [9.17, 15) is 4.79 Å². The molecular weight excluding hydrogens is 284 g/mol. The molecule has 0 spiro atoms. The molecule has 0 saturated heterocycles. The summed E-state index contributed by atoms with van der Waals surface area (Å²) in [7, 11) is 0. The number of halogens is 1. The van der Waals surface area contributed by atoms with Gasteiger partial charge in [-0.1, -0.05) is 43.6 Å². The number of Topliss-reactive ketones (excluding diaryl/α,β-unsaturated/α-hetero) is 1. The Hall–Kier alpha value is -1.80. The molecular formula is C18H17ClO2. The Morgan fingerprint density at radius 3 is 2.43 bits per heavy atom. The van der Waals surface area contributed by atoms with Crippen LogP contribution in [0.2, 0.25) is 5.02 Å². The summed E-state index contributed by atoms with van der Waals surface area (Å²) in [6.07, 6.45) is 0.431. The first-order valence-corrected chi connectivity index (χ1v) is 7.52.